The molecule has 2 aromatic rings. The summed E-state index contributed by atoms with van der Waals surface area (Å²) >= 11 is 4.92. The third-order valence-corrected chi connectivity index (χ3v) is 3.85. The highest BCUT2D eigenvalue weighted by molar-refractivity contribution is 7.80. The van der Waals surface area contributed by atoms with Crippen molar-refractivity contribution in [2.45, 2.75) is 20.8 Å². The van der Waals surface area contributed by atoms with Gasteiger partial charge in [0.05, 0.1) is 5.56 Å². The van der Waals surface area contributed by atoms with Crippen LogP contribution in [0.2, 0.25) is 0 Å². The molecule has 1 aromatic carbocycles. The molecule has 2 rings (SSSR count). The number of nitrogens with zero attached hydrogens (tertiary/aromatic N) is 1. The second-order valence-corrected chi connectivity index (χ2v) is 5.43. The van der Waals surface area contributed by atoms with Gasteiger partial charge in [-0.1, -0.05) is 12.2 Å². The van der Waals surface area contributed by atoms with Crippen LogP contribution in [0.25, 0.3) is 0 Å². The fourth-order valence-electron chi connectivity index (χ4n) is 2.24. The molecule has 0 unspecified atom stereocenters. The van der Waals surface area contributed by atoms with Gasteiger partial charge in [-0.25, -0.2) is 0 Å². The van der Waals surface area contributed by atoms with Crippen molar-refractivity contribution < 1.29 is 9.21 Å². The predicted octanol–water partition coefficient (Wildman–Crippen LogP) is 3.12. The molecule has 4 nitrogen and oxygen atoms in total. The second kappa shape index (κ2) is 5.69. The average Bonchev–Trinajstić information content (AvgIpc) is 2.70. The minimum atomic E-state index is -0.0927. The Morgan fingerprint density at radius 3 is 2.14 bits per heavy atom. The van der Waals surface area contributed by atoms with Crippen LogP contribution in [0.3, 0.4) is 0 Å². The predicted molar refractivity (Wildman–Crippen MR) is 88.0 cm³/mol. The van der Waals surface area contributed by atoms with Crippen molar-refractivity contribution in [1.29, 1.82) is 0 Å². The van der Waals surface area contributed by atoms with E-state index in [4.69, 9.17) is 22.4 Å². The van der Waals surface area contributed by atoms with Gasteiger partial charge in [-0.3, -0.25) is 4.79 Å². The first-order chi connectivity index (χ1) is 9.82. The number of furan rings is 1. The zero-order chi connectivity index (χ0) is 15.7. The minimum Gasteiger partial charge on any atom is -0.466 e. The second-order valence-electron chi connectivity index (χ2n) is 4.99. The fourth-order valence-corrected chi connectivity index (χ4v) is 2.38. The number of hydrogen-bond donors (Lipinski definition) is 1. The Balaban J connectivity index is 2.33. The number of anilines is 1. The Bertz CT molecular complexity index is 702. The standard InChI is InChI=1S/C16H18N2O2S/c1-9-10(2)20-11(3)14(9)16(19)18(4)13-7-5-12(6-8-13)15(17)21/h5-8H,1-4H3,(H2,17,21). The lowest BCUT2D eigenvalue weighted by molar-refractivity contribution is 0.0991. The Hall–Kier alpha value is -2.14. The Kier molecular flexibility index (Phi) is 4.14. The summed E-state index contributed by atoms with van der Waals surface area (Å²) in [6.07, 6.45) is 0. The molecule has 110 valence electrons. The number of thiocarbonyl (C=S) groups is 1. The summed E-state index contributed by atoms with van der Waals surface area (Å²) in [6, 6.07) is 7.26. The minimum absolute atomic E-state index is 0.0927. The molecule has 21 heavy (non-hydrogen) atoms. The largest absolute Gasteiger partial charge is 0.466 e. The van der Waals surface area contributed by atoms with Crippen molar-refractivity contribution in [3.8, 4) is 0 Å². The number of carbonyl (C=O) groups is 1. The van der Waals surface area contributed by atoms with E-state index in [1.54, 1.807) is 18.9 Å². The van der Waals surface area contributed by atoms with Gasteiger partial charge >= 0.3 is 0 Å². The third-order valence-electron chi connectivity index (χ3n) is 3.62. The highest BCUT2D eigenvalue weighted by Crippen LogP contribution is 2.24. The molecule has 5 heteroatoms. The molecule has 0 spiro atoms. The van der Waals surface area contributed by atoms with Crippen molar-refractivity contribution in [2.24, 2.45) is 5.73 Å². The number of amides is 1. The molecule has 0 radical (unpaired) electrons. The van der Waals surface area contributed by atoms with Gasteiger partial charge in [0.25, 0.3) is 5.91 Å². The van der Waals surface area contributed by atoms with Crippen LogP contribution in [0.1, 0.15) is 33.0 Å². The number of nitrogens with two attached hydrogens (primary N) is 1. The van der Waals surface area contributed by atoms with Gasteiger partial charge in [0.2, 0.25) is 0 Å². The van der Waals surface area contributed by atoms with E-state index in [1.165, 1.54) is 0 Å². The van der Waals surface area contributed by atoms with E-state index in [9.17, 15) is 4.79 Å². The van der Waals surface area contributed by atoms with Crippen molar-refractivity contribution in [1.82, 2.24) is 0 Å². The average molecular weight is 302 g/mol. The number of aryl methyl sites for hydroxylation is 2. The lowest BCUT2D eigenvalue weighted by Crippen LogP contribution is -2.27. The van der Waals surface area contributed by atoms with Crippen LogP contribution in [-0.4, -0.2) is 17.9 Å². The van der Waals surface area contributed by atoms with Gasteiger partial charge in [0, 0.05) is 23.9 Å². The van der Waals surface area contributed by atoms with Crippen LogP contribution >= 0.6 is 12.2 Å². The van der Waals surface area contributed by atoms with Crippen molar-refractivity contribution in [3.63, 3.8) is 0 Å². The van der Waals surface area contributed by atoms with Crippen LogP contribution in [0, 0.1) is 20.8 Å². The van der Waals surface area contributed by atoms with Gasteiger partial charge in [-0.05, 0) is 45.0 Å². The van der Waals surface area contributed by atoms with Crippen molar-refractivity contribution in [2.75, 3.05) is 11.9 Å². The summed E-state index contributed by atoms with van der Waals surface area (Å²) < 4.78 is 5.52. The zero-order valence-corrected chi connectivity index (χ0v) is 13.4. The molecule has 2 N–H and O–H groups in total. The number of benzene rings is 1. The Morgan fingerprint density at radius 1 is 1.14 bits per heavy atom. The maximum atomic E-state index is 12.6. The van der Waals surface area contributed by atoms with Crippen molar-refractivity contribution in [3.05, 3.63) is 52.5 Å². The summed E-state index contributed by atoms with van der Waals surface area (Å²) in [5.41, 5.74) is 8.62. The maximum Gasteiger partial charge on any atom is 0.261 e. The summed E-state index contributed by atoms with van der Waals surface area (Å²) in [4.78, 5) is 14.6. The van der Waals surface area contributed by atoms with Gasteiger partial charge in [-0.15, -0.1) is 0 Å². The van der Waals surface area contributed by atoms with Crippen LogP contribution in [0.5, 0.6) is 0 Å². The van der Waals surface area contributed by atoms with Gasteiger partial charge < -0.3 is 15.1 Å². The number of carbonyl (C=O) groups excluding carboxylic acids is 1. The lowest BCUT2D eigenvalue weighted by atomic mass is 10.1. The maximum absolute atomic E-state index is 12.6. The molecule has 0 atom stereocenters. The van der Waals surface area contributed by atoms with Gasteiger partial charge in [-0.2, -0.15) is 0 Å². The molecule has 0 fully saturated rings. The number of rotatable bonds is 3. The summed E-state index contributed by atoms with van der Waals surface area (Å²) in [7, 11) is 1.74. The van der Waals surface area contributed by atoms with E-state index in [2.05, 4.69) is 0 Å². The quantitative estimate of drug-likeness (QED) is 0.885. The SMILES string of the molecule is Cc1oc(C)c(C(=O)N(C)c2ccc(C(N)=S)cc2)c1C. The van der Waals surface area contributed by atoms with E-state index in [0.717, 1.165) is 22.6 Å². The first-order valence-electron chi connectivity index (χ1n) is 6.57. The smallest absolute Gasteiger partial charge is 0.261 e. The summed E-state index contributed by atoms with van der Waals surface area (Å²) in [5.74, 6) is 1.32. The molecular formula is C16H18N2O2S. The van der Waals surface area contributed by atoms with Crippen LogP contribution in [0.4, 0.5) is 5.69 Å². The van der Waals surface area contributed by atoms with E-state index >= 15 is 0 Å². The van der Waals surface area contributed by atoms with Crippen molar-refractivity contribution >= 4 is 28.8 Å². The topological polar surface area (TPSA) is 59.5 Å². The fraction of sp³-hybridized carbons (Fsp3) is 0.250. The molecule has 0 aliphatic heterocycles. The molecule has 0 aliphatic rings. The monoisotopic (exact) mass is 302 g/mol. The van der Waals surface area contributed by atoms with E-state index < -0.39 is 0 Å². The zero-order valence-electron chi connectivity index (χ0n) is 12.6. The highest BCUT2D eigenvalue weighted by atomic mass is 32.1. The number of hydrogen-bond acceptors (Lipinski definition) is 3. The van der Waals surface area contributed by atoms with Crippen LogP contribution in [0.15, 0.2) is 28.7 Å². The highest BCUT2D eigenvalue weighted by Gasteiger charge is 2.22. The van der Waals surface area contributed by atoms with Crippen LogP contribution < -0.4 is 10.6 Å². The Morgan fingerprint density at radius 2 is 1.71 bits per heavy atom. The summed E-state index contributed by atoms with van der Waals surface area (Å²) in [6.45, 7) is 5.55. The van der Waals surface area contributed by atoms with E-state index in [-0.39, 0.29) is 5.91 Å². The normalized spacial score (nSPS) is 10.5. The third kappa shape index (κ3) is 2.83. The molecular weight excluding hydrogens is 284 g/mol. The Labute approximate surface area is 129 Å². The van der Waals surface area contributed by atoms with E-state index in [1.807, 2.05) is 38.1 Å². The van der Waals surface area contributed by atoms with Gasteiger partial charge in [0.1, 0.15) is 16.5 Å². The van der Waals surface area contributed by atoms with Gasteiger partial charge in [0.15, 0.2) is 0 Å². The van der Waals surface area contributed by atoms with E-state index in [0.29, 0.717) is 16.3 Å². The molecule has 0 bridgehead atoms. The molecule has 0 aliphatic carbocycles. The first kappa shape index (κ1) is 15.3. The van der Waals surface area contributed by atoms with Crippen LogP contribution in [-0.2, 0) is 0 Å². The lowest BCUT2D eigenvalue weighted by Gasteiger charge is -2.18. The summed E-state index contributed by atoms with van der Waals surface area (Å²) in [5, 5.41) is 0. The molecule has 1 amide bonds. The molecule has 1 heterocycles. The molecule has 0 saturated carbocycles. The molecule has 1 aromatic heterocycles. The first-order valence-corrected chi connectivity index (χ1v) is 6.98. The molecule has 0 saturated heterocycles.